The molecular formula is C15H22O4. The quantitative estimate of drug-likeness (QED) is 0.824. The van der Waals surface area contributed by atoms with E-state index in [0.717, 1.165) is 36.1 Å². The number of rotatable bonds is 6. The molecule has 0 aromatic heterocycles. The number of hydrogen-bond acceptors (Lipinski definition) is 4. The number of benzene rings is 1. The van der Waals surface area contributed by atoms with E-state index in [1.807, 2.05) is 25.1 Å². The lowest BCUT2D eigenvalue weighted by Crippen LogP contribution is -2.24. The van der Waals surface area contributed by atoms with E-state index < -0.39 is 6.10 Å². The summed E-state index contributed by atoms with van der Waals surface area (Å²) >= 11 is 0. The summed E-state index contributed by atoms with van der Waals surface area (Å²) in [6.45, 7) is 2.98. The van der Waals surface area contributed by atoms with Gasteiger partial charge in [-0.15, -0.1) is 0 Å². The van der Waals surface area contributed by atoms with Crippen LogP contribution in [0.2, 0.25) is 0 Å². The molecule has 0 heterocycles. The molecule has 2 N–H and O–H groups in total. The molecular weight excluding hydrogens is 244 g/mol. The fourth-order valence-electron chi connectivity index (χ4n) is 2.41. The van der Waals surface area contributed by atoms with Crippen molar-refractivity contribution in [2.75, 3.05) is 19.8 Å². The predicted octanol–water partition coefficient (Wildman–Crippen LogP) is 1.83. The summed E-state index contributed by atoms with van der Waals surface area (Å²) in [5.41, 5.74) is 2.04. The van der Waals surface area contributed by atoms with E-state index in [1.165, 1.54) is 0 Å². The average Bonchev–Trinajstić information content (AvgIpc) is 2.43. The first-order valence-electron chi connectivity index (χ1n) is 6.90. The molecule has 0 radical (unpaired) electrons. The molecule has 1 aromatic carbocycles. The molecule has 0 bridgehead atoms. The smallest absolute Gasteiger partial charge is 0.122 e. The van der Waals surface area contributed by atoms with Crippen LogP contribution in [0.1, 0.15) is 37.0 Å². The van der Waals surface area contributed by atoms with E-state index in [-0.39, 0.29) is 19.3 Å². The third-order valence-corrected chi connectivity index (χ3v) is 3.38. The molecule has 106 valence electrons. The lowest BCUT2D eigenvalue weighted by atomic mass is 9.89. The Hall–Kier alpha value is -1.10. The number of aliphatic hydroxyl groups is 2. The van der Waals surface area contributed by atoms with Gasteiger partial charge in [0.25, 0.3) is 0 Å². The van der Waals surface area contributed by atoms with Crippen LogP contribution in [0.4, 0.5) is 0 Å². The Balaban J connectivity index is 1.99. The highest BCUT2D eigenvalue weighted by Gasteiger charge is 2.21. The lowest BCUT2D eigenvalue weighted by Gasteiger charge is -2.24. The molecule has 0 saturated carbocycles. The van der Waals surface area contributed by atoms with Crippen molar-refractivity contribution in [2.24, 2.45) is 0 Å². The van der Waals surface area contributed by atoms with E-state index in [9.17, 15) is 10.2 Å². The molecule has 2 unspecified atom stereocenters. The molecule has 0 fully saturated rings. The number of hydrogen-bond donors (Lipinski definition) is 2. The minimum atomic E-state index is -0.621. The Morgan fingerprint density at radius 3 is 3.00 bits per heavy atom. The van der Waals surface area contributed by atoms with Crippen molar-refractivity contribution in [1.82, 2.24) is 0 Å². The van der Waals surface area contributed by atoms with E-state index in [4.69, 9.17) is 9.47 Å². The SMILES string of the molecule is CCOCC(O)COc1cccc2c1CCCC2O. The molecule has 2 atom stereocenters. The van der Waals surface area contributed by atoms with Gasteiger partial charge >= 0.3 is 0 Å². The topological polar surface area (TPSA) is 58.9 Å². The number of ether oxygens (including phenoxy) is 2. The number of fused-ring (bicyclic) bond motifs is 1. The fraction of sp³-hybridized carbons (Fsp3) is 0.600. The zero-order chi connectivity index (χ0) is 13.7. The Bertz CT molecular complexity index is 405. The van der Waals surface area contributed by atoms with Crippen LogP contribution in [0.3, 0.4) is 0 Å². The summed E-state index contributed by atoms with van der Waals surface area (Å²) < 4.78 is 10.8. The second-order valence-electron chi connectivity index (χ2n) is 4.86. The molecule has 1 aliphatic carbocycles. The van der Waals surface area contributed by atoms with Gasteiger partial charge in [0.15, 0.2) is 0 Å². The first-order valence-corrected chi connectivity index (χ1v) is 6.90. The van der Waals surface area contributed by atoms with Gasteiger partial charge in [0.05, 0.1) is 12.7 Å². The first-order chi connectivity index (χ1) is 9.22. The third-order valence-electron chi connectivity index (χ3n) is 3.38. The highest BCUT2D eigenvalue weighted by molar-refractivity contribution is 5.42. The van der Waals surface area contributed by atoms with Gasteiger partial charge in [-0.1, -0.05) is 12.1 Å². The maximum Gasteiger partial charge on any atom is 0.122 e. The van der Waals surface area contributed by atoms with Gasteiger partial charge in [-0.25, -0.2) is 0 Å². The van der Waals surface area contributed by atoms with E-state index >= 15 is 0 Å². The third kappa shape index (κ3) is 3.69. The monoisotopic (exact) mass is 266 g/mol. The van der Waals surface area contributed by atoms with Crippen LogP contribution in [0.15, 0.2) is 18.2 Å². The second-order valence-corrected chi connectivity index (χ2v) is 4.86. The van der Waals surface area contributed by atoms with Gasteiger partial charge < -0.3 is 19.7 Å². The molecule has 1 aliphatic rings. The Labute approximate surface area is 114 Å². The van der Waals surface area contributed by atoms with Crippen molar-refractivity contribution < 1.29 is 19.7 Å². The lowest BCUT2D eigenvalue weighted by molar-refractivity contribution is 0.0161. The summed E-state index contributed by atoms with van der Waals surface area (Å²) in [7, 11) is 0. The minimum Gasteiger partial charge on any atom is -0.491 e. The van der Waals surface area contributed by atoms with Gasteiger partial charge in [0.2, 0.25) is 0 Å². The van der Waals surface area contributed by atoms with Crippen LogP contribution in [-0.4, -0.2) is 36.1 Å². The predicted molar refractivity (Wildman–Crippen MR) is 72.3 cm³/mol. The molecule has 2 rings (SSSR count). The van der Waals surface area contributed by atoms with Crippen molar-refractivity contribution in [3.05, 3.63) is 29.3 Å². The van der Waals surface area contributed by atoms with Crippen LogP contribution in [0.5, 0.6) is 5.75 Å². The summed E-state index contributed by atoms with van der Waals surface area (Å²) in [5, 5.41) is 19.7. The van der Waals surface area contributed by atoms with Crippen LogP contribution in [0.25, 0.3) is 0 Å². The Kier molecular flexibility index (Phi) is 5.19. The average molecular weight is 266 g/mol. The standard InChI is InChI=1S/C15H22O4/c1-2-18-9-11(16)10-19-15-8-4-5-12-13(15)6-3-7-14(12)17/h4-5,8,11,14,16-17H,2-3,6-7,9-10H2,1H3. The molecule has 4 nitrogen and oxygen atoms in total. The fourth-order valence-corrected chi connectivity index (χ4v) is 2.41. The summed E-state index contributed by atoms with van der Waals surface area (Å²) in [4.78, 5) is 0. The van der Waals surface area contributed by atoms with Crippen molar-refractivity contribution >= 4 is 0 Å². The maximum absolute atomic E-state index is 9.95. The summed E-state index contributed by atoms with van der Waals surface area (Å²) in [6.07, 6.45) is 1.69. The van der Waals surface area contributed by atoms with E-state index in [0.29, 0.717) is 6.61 Å². The van der Waals surface area contributed by atoms with Crippen molar-refractivity contribution in [2.45, 2.75) is 38.4 Å². The van der Waals surface area contributed by atoms with Gasteiger partial charge in [-0.2, -0.15) is 0 Å². The largest absolute Gasteiger partial charge is 0.491 e. The van der Waals surface area contributed by atoms with Gasteiger partial charge in [0.1, 0.15) is 18.5 Å². The van der Waals surface area contributed by atoms with Gasteiger partial charge in [-0.05, 0) is 43.4 Å². The zero-order valence-electron chi connectivity index (χ0n) is 11.3. The molecule has 4 heteroatoms. The molecule has 0 spiro atoms. The Morgan fingerprint density at radius 2 is 2.21 bits per heavy atom. The highest BCUT2D eigenvalue weighted by Crippen LogP contribution is 2.35. The molecule has 19 heavy (non-hydrogen) atoms. The zero-order valence-corrected chi connectivity index (χ0v) is 11.3. The van der Waals surface area contributed by atoms with Crippen LogP contribution in [0, 0.1) is 0 Å². The van der Waals surface area contributed by atoms with E-state index in [1.54, 1.807) is 0 Å². The molecule has 1 aromatic rings. The normalized spacial score (nSPS) is 19.8. The number of aliphatic hydroxyl groups excluding tert-OH is 2. The van der Waals surface area contributed by atoms with Crippen LogP contribution in [-0.2, 0) is 11.2 Å². The summed E-state index contributed by atoms with van der Waals surface area (Å²) in [6, 6.07) is 5.73. The molecule has 0 aliphatic heterocycles. The van der Waals surface area contributed by atoms with Gasteiger partial charge in [0, 0.05) is 6.61 Å². The van der Waals surface area contributed by atoms with Crippen LogP contribution >= 0.6 is 0 Å². The van der Waals surface area contributed by atoms with Crippen LogP contribution < -0.4 is 4.74 Å². The summed E-state index contributed by atoms with van der Waals surface area (Å²) in [5.74, 6) is 0.770. The molecule has 0 amide bonds. The second kappa shape index (κ2) is 6.89. The maximum atomic E-state index is 9.95. The molecule has 0 saturated heterocycles. The van der Waals surface area contributed by atoms with Crippen molar-refractivity contribution in [3.63, 3.8) is 0 Å². The highest BCUT2D eigenvalue weighted by atomic mass is 16.5. The van der Waals surface area contributed by atoms with Crippen molar-refractivity contribution in [1.29, 1.82) is 0 Å². The van der Waals surface area contributed by atoms with E-state index in [2.05, 4.69) is 0 Å². The first kappa shape index (κ1) is 14.3. The Morgan fingerprint density at radius 1 is 1.37 bits per heavy atom. The minimum absolute atomic E-state index is 0.215. The van der Waals surface area contributed by atoms with Gasteiger partial charge in [-0.3, -0.25) is 0 Å². The van der Waals surface area contributed by atoms with Crippen molar-refractivity contribution in [3.8, 4) is 5.75 Å².